The smallest absolute Gasteiger partial charge is 0.257 e. The first-order chi connectivity index (χ1) is 11.1. The highest BCUT2D eigenvalue weighted by atomic mass is 35.5. The Bertz CT molecular complexity index is 883. The third kappa shape index (κ3) is 3.91. The van der Waals surface area contributed by atoms with E-state index in [4.69, 9.17) is 11.6 Å². The fourth-order valence-corrected chi connectivity index (χ4v) is 3.00. The van der Waals surface area contributed by atoms with Crippen LogP contribution in [0.25, 0.3) is 0 Å². The van der Waals surface area contributed by atoms with Crippen molar-refractivity contribution in [2.45, 2.75) is 17.9 Å². The van der Waals surface area contributed by atoms with Crippen molar-refractivity contribution in [3.63, 3.8) is 0 Å². The van der Waals surface area contributed by atoms with Gasteiger partial charge in [-0.05, 0) is 36.8 Å². The average Bonchev–Trinajstić information content (AvgIpc) is 2.46. The molecule has 0 spiro atoms. The molecule has 128 valence electrons. The second-order valence-corrected chi connectivity index (χ2v) is 7.67. The summed E-state index contributed by atoms with van der Waals surface area (Å²) >= 11 is 5.78. The number of carbonyl (C=O) groups excluding carboxylic acids is 1. The van der Waals surface area contributed by atoms with Crippen LogP contribution in [-0.4, -0.2) is 20.6 Å². The predicted molar refractivity (Wildman–Crippen MR) is 86.8 cm³/mol. The molecule has 2 aromatic carbocycles. The van der Waals surface area contributed by atoms with Crippen LogP contribution in [0.4, 0.5) is 8.78 Å². The van der Waals surface area contributed by atoms with Gasteiger partial charge < -0.3 is 5.32 Å². The summed E-state index contributed by atoms with van der Waals surface area (Å²) in [4.78, 5) is 11.5. The van der Waals surface area contributed by atoms with Gasteiger partial charge in [-0.2, -0.15) is 0 Å². The molecule has 0 saturated carbocycles. The lowest BCUT2D eigenvalue weighted by atomic mass is 10.1. The Morgan fingerprint density at radius 2 is 1.71 bits per heavy atom. The maximum Gasteiger partial charge on any atom is 0.257 e. The van der Waals surface area contributed by atoms with Crippen LogP contribution < -0.4 is 5.32 Å². The van der Waals surface area contributed by atoms with Crippen molar-refractivity contribution < 1.29 is 22.0 Å². The minimum Gasteiger partial charge on any atom is -0.345 e. The van der Waals surface area contributed by atoms with Gasteiger partial charge in [-0.25, -0.2) is 17.2 Å². The first-order valence-electron chi connectivity index (χ1n) is 6.85. The molecule has 24 heavy (non-hydrogen) atoms. The molecular formula is C16H14ClF2NO3S. The molecule has 1 amide bonds. The van der Waals surface area contributed by atoms with E-state index in [2.05, 4.69) is 5.32 Å². The van der Waals surface area contributed by atoms with Gasteiger partial charge in [0, 0.05) is 11.3 Å². The first-order valence-corrected chi connectivity index (χ1v) is 9.12. The maximum atomic E-state index is 14.3. The number of carbonyl (C=O) groups is 1. The Hall–Kier alpha value is -1.99. The van der Waals surface area contributed by atoms with E-state index in [9.17, 15) is 22.0 Å². The van der Waals surface area contributed by atoms with E-state index in [1.165, 1.54) is 0 Å². The molecule has 0 aliphatic carbocycles. The summed E-state index contributed by atoms with van der Waals surface area (Å²) in [5.74, 6) is -3.59. The highest BCUT2D eigenvalue weighted by molar-refractivity contribution is 7.90. The second kappa shape index (κ2) is 6.86. The molecule has 1 N–H and O–H groups in total. The van der Waals surface area contributed by atoms with E-state index >= 15 is 0 Å². The number of halogens is 3. The molecule has 0 aliphatic rings. The van der Waals surface area contributed by atoms with Crippen LogP contribution >= 0.6 is 11.6 Å². The number of amides is 1. The Kier molecular flexibility index (Phi) is 5.25. The Labute approximate surface area is 143 Å². The van der Waals surface area contributed by atoms with E-state index in [1.807, 2.05) is 0 Å². The van der Waals surface area contributed by atoms with Gasteiger partial charge in [0.05, 0.1) is 6.04 Å². The summed E-state index contributed by atoms with van der Waals surface area (Å²) < 4.78 is 51.2. The van der Waals surface area contributed by atoms with Gasteiger partial charge in [0.25, 0.3) is 5.91 Å². The molecular weight excluding hydrogens is 360 g/mol. The molecule has 2 rings (SSSR count). The average molecular weight is 374 g/mol. The molecule has 0 saturated heterocycles. The van der Waals surface area contributed by atoms with Crippen molar-refractivity contribution in [1.29, 1.82) is 0 Å². The summed E-state index contributed by atoms with van der Waals surface area (Å²) in [6.07, 6.45) is 0.779. The maximum absolute atomic E-state index is 14.3. The van der Waals surface area contributed by atoms with Crippen LogP contribution in [0.1, 0.15) is 28.9 Å². The largest absolute Gasteiger partial charge is 0.345 e. The molecule has 1 unspecified atom stereocenters. The zero-order valence-electron chi connectivity index (χ0n) is 12.8. The lowest BCUT2D eigenvalue weighted by Gasteiger charge is -2.16. The van der Waals surface area contributed by atoms with Gasteiger partial charge in [0.1, 0.15) is 16.3 Å². The van der Waals surface area contributed by atoms with Gasteiger partial charge >= 0.3 is 0 Å². The molecule has 8 heteroatoms. The van der Waals surface area contributed by atoms with E-state index in [1.54, 1.807) is 31.2 Å². The van der Waals surface area contributed by atoms with Crippen molar-refractivity contribution in [3.05, 3.63) is 64.2 Å². The number of hydrogen-bond acceptors (Lipinski definition) is 3. The van der Waals surface area contributed by atoms with Crippen LogP contribution in [0.2, 0.25) is 5.02 Å². The van der Waals surface area contributed by atoms with Gasteiger partial charge in [-0.3, -0.25) is 4.79 Å². The minimum atomic E-state index is -3.93. The summed E-state index contributed by atoms with van der Waals surface area (Å²) in [6, 6.07) is 7.53. The van der Waals surface area contributed by atoms with Gasteiger partial charge in [0.15, 0.2) is 15.7 Å². The Balaban J connectivity index is 2.34. The molecule has 1 atom stereocenters. The van der Waals surface area contributed by atoms with Crippen LogP contribution in [-0.2, 0) is 9.84 Å². The number of hydrogen-bond donors (Lipinski definition) is 1. The topological polar surface area (TPSA) is 63.2 Å². The van der Waals surface area contributed by atoms with Crippen LogP contribution in [0, 0.1) is 11.6 Å². The van der Waals surface area contributed by atoms with Gasteiger partial charge in [0.2, 0.25) is 0 Å². The summed E-state index contributed by atoms with van der Waals surface area (Å²) in [5, 5.41) is 2.94. The van der Waals surface area contributed by atoms with Gasteiger partial charge in [-0.15, -0.1) is 0 Å². The highest BCUT2D eigenvalue weighted by Crippen LogP contribution is 2.22. The summed E-state index contributed by atoms with van der Waals surface area (Å²) in [5.41, 5.74) is -0.258. The minimum absolute atomic E-state index is 0.509. The molecule has 0 bridgehead atoms. The van der Waals surface area contributed by atoms with Crippen molar-refractivity contribution in [3.8, 4) is 0 Å². The molecule has 0 fully saturated rings. The molecule has 0 aromatic heterocycles. The van der Waals surface area contributed by atoms with E-state index in [0.717, 1.165) is 18.4 Å². The lowest BCUT2D eigenvalue weighted by molar-refractivity contribution is 0.0930. The normalized spacial score (nSPS) is 12.7. The Morgan fingerprint density at radius 1 is 1.12 bits per heavy atom. The van der Waals surface area contributed by atoms with Crippen molar-refractivity contribution in [2.24, 2.45) is 0 Å². The third-order valence-corrected chi connectivity index (χ3v) is 4.77. The summed E-state index contributed by atoms with van der Waals surface area (Å²) in [7, 11) is -3.93. The number of sulfone groups is 1. The van der Waals surface area contributed by atoms with E-state index in [-0.39, 0.29) is 0 Å². The number of rotatable bonds is 4. The van der Waals surface area contributed by atoms with Crippen LogP contribution in [0.3, 0.4) is 0 Å². The second-order valence-electron chi connectivity index (χ2n) is 5.25. The first kappa shape index (κ1) is 18.4. The predicted octanol–water partition coefficient (Wildman–Crippen LogP) is 3.51. The number of benzene rings is 2. The molecule has 4 nitrogen and oxygen atoms in total. The SMILES string of the molecule is CC(NC(=O)c1c(F)ccc(S(C)(=O)=O)c1F)c1ccc(Cl)cc1. The monoisotopic (exact) mass is 373 g/mol. The fourth-order valence-electron chi connectivity index (χ4n) is 2.13. The molecule has 0 heterocycles. The lowest BCUT2D eigenvalue weighted by Crippen LogP contribution is -2.29. The molecule has 2 aromatic rings. The quantitative estimate of drug-likeness (QED) is 0.834. The van der Waals surface area contributed by atoms with E-state index < -0.39 is 43.9 Å². The van der Waals surface area contributed by atoms with Gasteiger partial charge in [-0.1, -0.05) is 23.7 Å². The zero-order chi connectivity index (χ0) is 18.1. The summed E-state index contributed by atoms with van der Waals surface area (Å²) in [6.45, 7) is 1.62. The zero-order valence-corrected chi connectivity index (χ0v) is 14.4. The van der Waals surface area contributed by atoms with Crippen LogP contribution in [0.5, 0.6) is 0 Å². The molecule has 0 aliphatic heterocycles. The highest BCUT2D eigenvalue weighted by Gasteiger charge is 2.25. The Morgan fingerprint density at radius 3 is 2.25 bits per heavy atom. The third-order valence-electron chi connectivity index (χ3n) is 3.40. The number of nitrogens with one attached hydrogen (secondary N) is 1. The van der Waals surface area contributed by atoms with Crippen molar-refractivity contribution in [1.82, 2.24) is 5.32 Å². The van der Waals surface area contributed by atoms with Crippen molar-refractivity contribution >= 4 is 27.3 Å². The molecule has 0 radical (unpaired) electrons. The standard InChI is InChI=1S/C16H14ClF2NO3S/c1-9(10-3-5-11(17)6-4-10)20-16(21)14-12(18)7-8-13(15(14)19)24(2,22)23/h3-9H,1-2H3,(H,20,21). The van der Waals surface area contributed by atoms with Crippen LogP contribution in [0.15, 0.2) is 41.3 Å². The van der Waals surface area contributed by atoms with Crippen molar-refractivity contribution in [2.75, 3.05) is 6.26 Å². The fraction of sp³-hybridized carbons (Fsp3) is 0.188. The van der Waals surface area contributed by atoms with E-state index in [0.29, 0.717) is 10.6 Å².